The van der Waals surface area contributed by atoms with Gasteiger partial charge in [0.1, 0.15) is 0 Å². The fourth-order valence-electron chi connectivity index (χ4n) is 1.69. The molecular formula is C15H21ClF6N4. The van der Waals surface area contributed by atoms with E-state index in [4.69, 9.17) is 11.6 Å². The molecule has 0 aliphatic heterocycles. The first-order valence-electron chi connectivity index (χ1n) is 7.18. The zero-order valence-corrected chi connectivity index (χ0v) is 14.5. The van der Waals surface area contributed by atoms with Crippen LogP contribution in [0.25, 0.3) is 0 Å². The van der Waals surface area contributed by atoms with Crippen LogP contribution < -0.4 is 0 Å². The molecule has 0 unspecified atom stereocenters. The Kier molecular flexibility index (Phi) is 8.21. The van der Waals surface area contributed by atoms with Crippen LogP contribution in [0.5, 0.6) is 0 Å². The van der Waals surface area contributed by atoms with E-state index in [1.54, 1.807) is 27.7 Å². The molecule has 0 aliphatic carbocycles. The van der Waals surface area contributed by atoms with Gasteiger partial charge < -0.3 is 0 Å². The van der Waals surface area contributed by atoms with Gasteiger partial charge in [-0.25, -0.2) is 0 Å². The molecule has 11 heteroatoms. The predicted octanol–water partition coefficient (Wildman–Crippen LogP) is 6.39. The molecule has 0 amide bonds. The highest BCUT2D eigenvalue weighted by Gasteiger charge is 2.38. The molecule has 150 valence electrons. The van der Waals surface area contributed by atoms with Crippen molar-refractivity contribution >= 4 is 11.6 Å². The zero-order valence-electron chi connectivity index (χ0n) is 13.8. The first kappa shape index (κ1) is 24.3. The Labute approximate surface area is 152 Å². The third-order valence-electron chi connectivity index (χ3n) is 3.09. The standard InChI is InChI=1S/C7H8ClF3N2.C7H9F3N2.CH4/c1-3(2)5-4(8)6(13-12-5)7(9,10)11;1-4(2)5-3-6(12-11-5)7(8,9)10;/h3H,1-2H3,(H,12,13);3-4H,1-2H3,(H,11,12);1H4. The van der Waals surface area contributed by atoms with Gasteiger partial charge in [-0.05, 0) is 17.9 Å². The molecule has 2 heterocycles. The van der Waals surface area contributed by atoms with Crippen molar-refractivity contribution in [3.63, 3.8) is 0 Å². The fourth-order valence-corrected chi connectivity index (χ4v) is 2.10. The Hall–Kier alpha value is -1.71. The largest absolute Gasteiger partial charge is 0.436 e. The lowest BCUT2D eigenvalue weighted by Crippen LogP contribution is -2.06. The van der Waals surface area contributed by atoms with Crippen LogP contribution in [0.3, 0.4) is 0 Å². The van der Waals surface area contributed by atoms with Crippen LogP contribution in [0.1, 0.15) is 69.7 Å². The van der Waals surface area contributed by atoms with Gasteiger partial charge in [0.25, 0.3) is 0 Å². The molecule has 2 rings (SSSR count). The summed E-state index contributed by atoms with van der Waals surface area (Å²) >= 11 is 5.49. The second kappa shape index (κ2) is 8.79. The third-order valence-corrected chi connectivity index (χ3v) is 3.47. The molecule has 0 saturated heterocycles. The average Bonchev–Trinajstić information content (AvgIpc) is 3.03. The molecule has 2 N–H and O–H groups in total. The molecule has 0 atom stereocenters. The Balaban J connectivity index is 0.000000464. The minimum atomic E-state index is -4.49. The Morgan fingerprint density at radius 2 is 1.42 bits per heavy atom. The summed E-state index contributed by atoms with van der Waals surface area (Å²) in [6.07, 6.45) is -8.83. The van der Waals surface area contributed by atoms with Gasteiger partial charge in [-0.1, -0.05) is 46.7 Å². The number of hydrogen-bond donors (Lipinski definition) is 2. The van der Waals surface area contributed by atoms with Gasteiger partial charge in [-0.3, -0.25) is 10.2 Å². The number of aromatic nitrogens is 4. The van der Waals surface area contributed by atoms with Crippen LogP contribution >= 0.6 is 11.6 Å². The topological polar surface area (TPSA) is 57.4 Å². The first-order chi connectivity index (χ1) is 11.2. The number of halogens is 7. The van der Waals surface area contributed by atoms with E-state index in [1.807, 2.05) is 0 Å². The van der Waals surface area contributed by atoms with Crippen LogP contribution in [-0.4, -0.2) is 20.4 Å². The molecule has 0 saturated carbocycles. The Bertz CT molecular complexity index is 685. The highest BCUT2D eigenvalue weighted by Crippen LogP contribution is 2.36. The lowest BCUT2D eigenvalue weighted by Gasteiger charge is -2.03. The molecule has 0 bridgehead atoms. The van der Waals surface area contributed by atoms with Crippen LogP contribution in [-0.2, 0) is 12.4 Å². The lowest BCUT2D eigenvalue weighted by atomic mass is 10.1. The fraction of sp³-hybridized carbons (Fsp3) is 0.600. The SMILES string of the molecule is C.CC(C)c1[nH]nc(C(F)(F)F)c1Cl.CC(C)c1cc(C(F)(F)F)n[nH]1. The minimum Gasteiger partial charge on any atom is -0.282 e. The van der Waals surface area contributed by atoms with Crippen molar-refractivity contribution < 1.29 is 26.3 Å². The van der Waals surface area contributed by atoms with Crippen molar-refractivity contribution in [3.05, 3.63) is 33.9 Å². The Morgan fingerprint density at radius 1 is 0.885 bits per heavy atom. The summed E-state index contributed by atoms with van der Waals surface area (Å²) < 4.78 is 72.4. The highest BCUT2D eigenvalue weighted by atomic mass is 35.5. The summed E-state index contributed by atoms with van der Waals surface area (Å²) in [5, 5.41) is 10.6. The maximum atomic E-state index is 12.2. The van der Waals surface area contributed by atoms with E-state index in [9.17, 15) is 26.3 Å². The predicted molar refractivity (Wildman–Crippen MR) is 87.1 cm³/mol. The molecule has 26 heavy (non-hydrogen) atoms. The number of nitrogens with zero attached hydrogens (tertiary/aromatic N) is 2. The van der Waals surface area contributed by atoms with E-state index in [2.05, 4.69) is 20.4 Å². The van der Waals surface area contributed by atoms with Crippen LogP contribution in [0.2, 0.25) is 5.02 Å². The van der Waals surface area contributed by atoms with Gasteiger partial charge in [0.2, 0.25) is 0 Å². The van der Waals surface area contributed by atoms with Crippen molar-refractivity contribution in [2.45, 2.75) is 59.3 Å². The van der Waals surface area contributed by atoms with E-state index in [0.29, 0.717) is 11.4 Å². The molecular weight excluding hydrogens is 386 g/mol. The van der Waals surface area contributed by atoms with Crippen molar-refractivity contribution in [2.75, 3.05) is 0 Å². The smallest absolute Gasteiger partial charge is 0.282 e. The van der Waals surface area contributed by atoms with Crippen molar-refractivity contribution in [3.8, 4) is 0 Å². The second-order valence-electron chi connectivity index (χ2n) is 5.81. The van der Waals surface area contributed by atoms with Crippen LogP contribution in [0, 0.1) is 0 Å². The third kappa shape index (κ3) is 6.22. The van der Waals surface area contributed by atoms with Crippen LogP contribution in [0.15, 0.2) is 6.07 Å². The van der Waals surface area contributed by atoms with Gasteiger partial charge in [0.15, 0.2) is 11.4 Å². The highest BCUT2D eigenvalue weighted by molar-refractivity contribution is 6.32. The normalized spacial score (nSPS) is 12.0. The number of nitrogens with one attached hydrogen (secondary N) is 2. The maximum Gasteiger partial charge on any atom is 0.436 e. The first-order valence-corrected chi connectivity index (χ1v) is 7.56. The number of hydrogen-bond acceptors (Lipinski definition) is 2. The summed E-state index contributed by atoms with van der Waals surface area (Å²) in [7, 11) is 0. The quantitative estimate of drug-likeness (QED) is 0.567. The molecule has 4 nitrogen and oxygen atoms in total. The zero-order chi connectivity index (χ0) is 19.6. The van der Waals surface area contributed by atoms with Crippen LogP contribution in [0.4, 0.5) is 26.3 Å². The maximum absolute atomic E-state index is 12.2. The van der Waals surface area contributed by atoms with E-state index in [0.717, 1.165) is 6.07 Å². The molecule has 0 aliphatic rings. The number of H-pyrrole nitrogens is 2. The van der Waals surface area contributed by atoms with E-state index >= 15 is 0 Å². The van der Waals surface area contributed by atoms with Gasteiger partial charge in [0.05, 0.1) is 10.7 Å². The van der Waals surface area contributed by atoms with Gasteiger partial charge >= 0.3 is 12.4 Å². The van der Waals surface area contributed by atoms with Crippen molar-refractivity contribution in [1.82, 2.24) is 20.4 Å². The summed E-state index contributed by atoms with van der Waals surface area (Å²) in [6, 6.07) is 1.03. The van der Waals surface area contributed by atoms with E-state index in [-0.39, 0.29) is 24.3 Å². The second-order valence-corrected chi connectivity index (χ2v) is 6.19. The summed E-state index contributed by atoms with van der Waals surface area (Å²) in [5.41, 5.74) is -1.08. The molecule has 2 aromatic rings. The summed E-state index contributed by atoms with van der Waals surface area (Å²) in [4.78, 5) is 0. The minimum absolute atomic E-state index is 0. The molecule has 0 aromatic carbocycles. The number of aromatic amines is 2. The molecule has 2 aromatic heterocycles. The number of alkyl halides is 6. The van der Waals surface area contributed by atoms with Crippen molar-refractivity contribution in [1.29, 1.82) is 0 Å². The van der Waals surface area contributed by atoms with E-state index in [1.165, 1.54) is 0 Å². The molecule has 0 radical (unpaired) electrons. The van der Waals surface area contributed by atoms with Crippen molar-refractivity contribution in [2.24, 2.45) is 0 Å². The lowest BCUT2D eigenvalue weighted by molar-refractivity contribution is -0.141. The number of rotatable bonds is 2. The van der Waals surface area contributed by atoms with E-state index < -0.39 is 23.7 Å². The summed E-state index contributed by atoms with van der Waals surface area (Å²) in [6.45, 7) is 7.07. The monoisotopic (exact) mass is 406 g/mol. The molecule has 0 fully saturated rings. The summed E-state index contributed by atoms with van der Waals surface area (Å²) in [5.74, 6) is -0.0651. The van der Waals surface area contributed by atoms with Gasteiger partial charge in [-0.2, -0.15) is 36.5 Å². The molecule has 0 spiro atoms. The van der Waals surface area contributed by atoms with Gasteiger partial charge in [-0.15, -0.1) is 0 Å². The average molecular weight is 407 g/mol. The Morgan fingerprint density at radius 3 is 1.65 bits per heavy atom. The van der Waals surface area contributed by atoms with Gasteiger partial charge in [0, 0.05) is 5.69 Å².